The number of ether oxygens (including phenoxy) is 1. The van der Waals surface area contributed by atoms with Gasteiger partial charge < -0.3 is 4.74 Å². The molecular weight excluding hydrogens is 270 g/mol. The topological polar surface area (TPSA) is 22.1 Å². The van der Waals surface area contributed by atoms with Gasteiger partial charge in [-0.2, -0.15) is 4.39 Å². The van der Waals surface area contributed by atoms with E-state index in [2.05, 4.69) is 25.7 Å². The fourth-order valence-electron chi connectivity index (χ4n) is 0.792. The summed E-state index contributed by atoms with van der Waals surface area (Å²) in [5.74, 6) is -2.25. The van der Waals surface area contributed by atoms with Crippen molar-refractivity contribution in [1.82, 2.24) is 4.98 Å². The van der Waals surface area contributed by atoms with E-state index in [4.69, 9.17) is 0 Å². The van der Waals surface area contributed by atoms with Crippen molar-refractivity contribution >= 4 is 15.9 Å². The first kappa shape index (κ1) is 11.2. The molecule has 0 fully saturated rings. The summed E-state index contributed by atoms with van der Waals surface area (Å²) in [5.41, 5.74) is 0.254. The molecular formula is C7H4BrF4NO. The van der Waals surface area contributed by atoms with E-state index in [1.165, 1.54) is 13.0 Å². The lowest BCUT2D eigenvalue weighted by Gasteiger charge is -2.10. The third kappa shape index (κ3) is 2.83. The molecule has 0 aromatic carbocycles. The Morgan fingerprint density at radius 3 is 2.43 bits per heavy atom. The molecule has 0 radical (unpaired) electrons. The van der Waals surface area contributed by atoms with Crippen molar-refractivity contribution in [1.29, 1.82) is 0 Å². The summed E-state index contributed by atoms with van der Waals surface area (Å²) in [4.78, 5) is 3.20. The number of aromatic nitrogens is 1. The predicted molar refractivity (Wildman–Crippen MR) is 43.3 cm³/mol. The molecule has 1 heterocycles. The van der Waals surface area contributed by atoms with E-state index in [0.29, 0.717) is 0 Å². The number of nitrogens with zero attached hydrogens (tertiary/aromatic N) is 1. The quantitative estimate of drug-likeness (QED) is 0.579. The molecule has 0 amide bonds. The first-order chi connectivity index (χ1) is 6.29. The van der Waals surface area contributed by atoms with E-state index < -0.39 is 18.1 Å². The number of pyridine rings is 1. The normalized spacial score (nSPS) is 11.6. The maximum atomic E-state index is 12.9. The average molecular weight is 274 g/mol. The van der Waals surface area contributed by atoms with E-state index in [1.54, 1.807) is 0 Å². The minimum absolute atomic E-state index is 0.125. The third-order valence-corrected chi connectivity index (χ3v) is 1.82. The van der Waals surface area contributed by atoms with Crippen molar-refractivity contribution < 1.29 is 22.3 Å². The summed E-state index contributed by atoms with van der Waals surface area (Å²) in [6.07, 6.45) is -4.93. The van der Waals surface area contributed by atoms with Gasteiger partial charge in [0.15, 0.2) is 5.75 Å². The van der Waals surface area contributed by atoms with Gasteiger partial charge in [-0.25, -0.2) is 4.98 Å². The average Bonchev–Trinajstić information content (AvgIpc) is 1.95. The Morgan fingerprint density at radius 2 is 2.00 bits per heavy atom. The summed E-state index contributed by atoms with van der Waals surface area (Å²) < 4.78 is 51.5. The second-order valence-corrected chi connectivity index (χ2v) is 3.27. The van der Waals surface area contributed by atoms with E-state index in [-0.39, 0.29) is 10.2 Å². The standard InChI is InChI=1S/C7H4BrF4NO/c1-3-2-4(8)5(6(9)13-3)14-7(10,11)12/h2H,1H3. The monoisotopic (exact) mass is 273 g/mol. The Morgan fingerprint density at radius 1 is 1.43 bits per heavy atom. The molecule has 0 saturated carbocycles. The zero-order valence-corrected chi connectivity index (χ0v) is 8.41. The first-order valence-electron chi connectivity index (χ1n) is 3.38. The van der Waals surface area contributed by atoms with Crippen LogP contribution in [0.1, 0.15) is 5.69 Å². The minimum atomic E-state index is -4.93. The summed E-state index contributed by atoms with van der Waals surface area (Å²) in [6, 6.07) is 1.23. The van der Waals surface area contributed by atoms with Crippen LogP contribution in [0.15, 0.2) is 10.5 Å². The second kappa shape index (κ2) is 3.72. The van der Waals surface area contributed by atoms with E-state index in [1.807, 2.05) is 0 Å². The highest BCUT2D eigenvalue weighted by molar-refractivity contribution is 9.10. The fraction of sp³-hybridized carbons (Fsp3) is 0.286. The fourth-order valence-corrected chi connectivity index (χ4v) is 1.37. The molecule has 7 heteroatoms. The molecule has 14 heavy (non-hydrogen) atoms. The van der Waals surface area contributed by atoms with E-state index >= 15 is 0 Å². The van der Waals surface area contributed by atoms with Crippen molar-refractivity contribution in [3.63, 3.8) is 0 Å². The highest BCUT2D eigenvalue weighted by Crippen LogP contribution is 2.32. The van der Waals surface area contributed by atoms with E-state index in [0.717, 1.165) is 0 Å². The summed E-state index contributed by atoms with van der Waals surface area (Å²) in [7, 11) is 0. The molecule has 2 nitrogen and oxygen atoms in total. The molecule has 0 aliphatic heterocycles. The SMILES string of the molecule is Cc1cc(Br)c(OC(F)(F)F)c(F)n1. The van der Waals surface area contributed by atoms with Crippen LogP contribution in [0.5, 0.6) is 5.75 Å². The molecule has 0 atom stereocenters. The van der Waals surface area contributed by atoms with Gasteiger partial charge in [-0.1, -0.05) is 0 Å². The van der Waals surface area contributed by atoms with Crippen molar-refractivity contribution in [3.05, 3.63) is 22.2 Å². The van der Waals surface area contributed by atoms with Crippen LogP contribution in [0.3, 0.4) is 0 Å². The molecule has 0 aliphatic rings. The van der Waals surface area contributed by atoms with Gasteiger partial charge in [-0.3, -0.25) is 0 Å². The van der Waals surface area contributed by atoms with Crippen LogP contribution in [0.25, 0.3) is 0 Å². The van der Waals surface area contributed by atoms with Gasteiger partial charge in [-0.05, 0) is 28.9 Å². The first-order valence-corrected chi connectivity index (χ1v) is 4.17. The van der Waals surface area contributed by atoms with Gasteiger partial charge in [0.1, 0.15) is 0 Å². The number of hydrogen-bond acceptors (Lipinski definition) is 2. The minimum Gasteiger partial charge on any atom is -0.400 e. The lowest BCUT2D eigenvalue weighted by Crippen LogP contribution is -2.18. The zero-order chi connectivity index (χ0) is 10.9. The Labute approximate surface area is 85.0 Å². The predicted octanol–water partition coefficient (Wildman–Crippen LogP) is 3.19. The van der Waals surface area contributed by atoms with Crippen LogP contribution >= 0.6 is 15.9 Å². The number of alkyl halides is 3. The summed E-state index contributed by atoms with van der Waals surface area (Å²) in [5, 5.41) is 0. The van der Waals surface area contributed by atoms with Crippen LogP contribution in [-0.2, 0) is 0 Å². The van der Waals surface area contributed by atoms with Crippen molar-refractivity contribution in [3.8, 4) is 5.75 Å². The third-order valence-electron chi connectivity index (χ3n) is 1.23. The Bertz CT molecular complexity index is 329. The maximum Gasteiger partial charge on any atom is 0.573 e. The maximum absolute atomic E-state index is 12.9. The van der Waals surface area contributed by atoms with Crippen molar-refractivity contribution in [2.24, 2.45) is 0 Å². The molecule has 0 saturated heterocycles. The van der Waals surface area contributed by atoms with Crippen LogP contribution in [0.2, 0.25) is 0 Å². The zero-order valence-electron chi connectivity index (χ0n) is 6.82. The summed E-state index contributed by atoms with van der Waals surface area (Å²) >= 11 is 2.75. The molecule has 0 unspecified atom stereocenters. The number of rotatable bonds is 1. The number of aryl methyl sites for hydroxylation is 1. The Balaban J connectivity index is 3.09. The van der Waals surface area contributed by atoms with Gasteiger partial charge in [0.25, 0.3) is 5.95 Å². The highest BCUT2D eigenvalue weighted by atomic mass is 79.9. The van der Waals surface area contributed by atoms with Gasteiger partial charge in [0, 0.05) is 5.69 Å². The summed E-state index contributed by atoms with van der Waals surface area (Å²) in [6.45, 7) is 1.45. The number of hydrogen-bond donors (Lipinski definition) is 0. The molecule has 1 rings (SSSR count). The van der Waals surface area contributed by atoms with Gasteiger partial charge >= 0.3 is 6.36 Å². The molecule has 1 aromatic heterocycles. The number of halogens is 5. The van der Waals surface area contributed by atoms with Crippen LogP contribution in [0, 0.1) is 12.9 Å². The van der Waals surface area contributed by atoms with E-state index in [9.17, 15) is 17.6 Å². The van der Waals surface area contributed by atoms with Crippen LogP contribution in [-0.4, -0.2) is 11.3 Å². The van der Waals surface area contributed by atoms with Crippen LogP contribution < -0.4 is 4.74 Å². The van der Waals surface area contributed by atoms with Crippen molar-refractivity contribution in [2.45, 2.75) is 13.3 Å². The molecule has 0 aliphatic carbocycles. The van der Waals surface area contributed by atoms with Gasteiger partial charge in [0.2, 0.25) is 0 Å². The second-order valence-electron chi connectivity index (χ2n) is 2.41. The van der Waals surface area contributed by atoms with Crippen LogP contribution in [0.4, 0.5) is 17.6 Å². The lowest BCUT2D eigenvalue weighted by atomic mass is 10.4. The Kier molecular flexibility index (Phi) is 2.98. The highest BCUT2D eigenvalue weighted by Gasteiger charge is 2.33. The molecule has 0 N–H and O–H groups in total. The Hall–Kier alpha value is -0.850. The molecule has 0 spiro atoms. The molecule has 0 bridgehead atoms. The molecule has 78 valence electrons. The van der Waals surface area contributed by atoms with Crippen molar-refractivity contribution in [2.75, 3.05) is 0 Å². The molecule has 1 aromatic rings. The lowest BCUT2D eigenvalue weighted by molar-refractivity contribution is -0.276. The largest absolute Gasteiger partial charge is 0.573 e. The smallest absolute Gasteiger partial charge is 0.400 e. The van der Waals surface area contributed by atoms with Gasteiger partial charge in [-0.15, -0.1) is 13.2 Å². The van der Waals surface area contributed by atoms with Gasteiger partial charge in [0.05, 0.1) is 4.47 Å².